The zero-order valence-electron chi connectivity index (χ0n) is 9.86. The molecule has 0 spiro atoms. The molecule has 0 unspecified atom stereocenters. The van der Waals surface area contributed by atoms with Gasteiger partial charge in [0.05, 0.1) is 17.5 Å². The van der Waals surface area contributed by atoms with Gasteiger partial charge in [0.2, 0.25) is 0 Å². The molecule has 1 aromatic carbocycles. The molecule has 0 amide bonds. The predicted molar refractivity (Wildman–Crippen MR) is 66.0 cm³/mol. The van der Waals surface area contributed by atoms with Crippen LogP contribution in [0.3, 0.4) is 0 Å². The summed E-state index contributed by atoms with van der Waals surface area (Å²) in [4.78, 5) is 18.3. The number of imidazole rings is 1. The van der Waals surface area contributed by atoms with Crippen molar-refractivity contribution in [3.63, 3.8) is 0 Å². The third kappa shape index (κ3) is 2.84. The highest BCUT2D eigenvalue weighted by Crippen LogP contribution is 2.15. The lowest BCUT2D eigenvalue weighted by Crippen LogP contribution is -1.99. The lowest BCUT2D eigenvalue weighted by molar-refractivity contribution is -0.136. The van der Waals surface area contributed by atoms with Gasteiger partial charge in [0, 0.05) is 6.42 Å². The zero-order valence-corrected chi connectivity index (χ0v) is 9.86. The molecule has 0 saturated heterocycles. The smallest absolute Gasteiger partial charge is 0.307 e. The first-order valence-corrected chi connectivity index (χ1v) is 5.88. The van der Waals surface area contributed by atoms with E-state index in [0.717, 1.165) is 41.7 Å². The van der Waals surface area contributed by atoms with Crippen LogP contribution in [-0.4, -0.2) is 21.0 Å². The lowest BCUT2D eigenvalue weighted by atomic mass is 10.1. The van der Waals surface area contributed by atoms with E-state index >= 15 is 0 Å². The summed E-state index contributed by atoms with van der Waals surface area (Å²) in [6.45, 7) is 2.15. The van der Waals surface area contributed by atoms with Gasteiger partial charge in [0.15, 0.2) is 0 Å². The second-order valence-electron chi connectivity index (χ2n) is 4.21. The maximum absolute atomic E-state index is 10.6. The first-order chi connectivity index (χ1) is 8.19. The number of aliphatic carboxylic acids is 1. The summed E-state index contributed by atoms with van der Waals surface area (Å²) >= 11 is 0. The summed E-state index contributed by atoms with van der Waals surface area (Å²) in [7, 11) is 0. The standard InChI is InChI=1S/C13H16N2O2/c1-2-3-4-12-14-10-6-5-9(8-13(16)17)7-11(10)15-12/h5-7H,2-4,8H2,1H3,(H,14,15)(H,16,17). The van der Waals surface area contributed by atoms with Gasteiger partial charge < -0.3 is 10.1 Å². The number of hydrogen-bond acceptors (Lipinski definition) is 2. The van der Waals surface area contributed by atoms with Crippen LogP contribution in [0.2, 0.25) is 0 Å². The van der Waals surface area contributed by atoms with Crippen LogP contribution in [0.25, 0.3) is 11.0 Å². The fraction of sp³-hybridized carbons (Fsp3) is 0.385. The quantitative estimate of drug-likeness (QED) is 0.832. The molecule has 0 radical (unpaired) electrons. The summed E-state index contributed by atoms with van der Waals surface area (Å²) in [5, 5.41) is 8.73. The number of nitrogens with zero attached hydrogens (tertiary/aromatic N) is 1. The Labute approximate surface area is 99.7 Å². The highest BCUT2D eigenvalue weighted by Gasteiger charge is 2.05. The number of carboxylic acid groups (broad SMARTS) is 1. The van der Waals surface area contributed by atoms with Crippen molar-refractivity contribution in [1.29, 1.82) is 0 Å². The molecule has 1 heterocycles. The van der Waals surface area contributed by atoms with Crippen LogP contribution in [0, 0.1) is 0 Å². The highest BCUT2D eigenvalue weighted by atomic mass is 16.4. The van der Waals surface area contributed by atoms with E-state index in [0.29, 0.717) is 0 Å². The average molecular weight is 232 g/mol. The summed E-state index contributed by atoms with van der Waals surface area (Å²) in [5.74, 6) is 0.171. The molecule has 0 aliphatic heterocycles. The molecule has 0 bridgehead atoms. The first-order valence-electron chi connectivity index (χ1n) is 5.88. The molecule has 2 rings (SSSR count). The largest absolute Gasteiger partial charge is 0.481 e. The molecule has 2 aromatic rings. The number of aromatic nitrogens is 2. The molecule has 4 heteroatoms. The molecule has 0 fully saturated rings. The van der Waals surface area contributed by atoms with Crippen LogP contribution in [-0.2, 0) is 17.6 Å². The molecule has 0 aliphatic rings. The highest BCUT2D eigenvalue weighted by molar-refractivity contribution is 5.78. The van der Waals surface area contributed by atoms with Crippen LogP contribution in [0.4, 0.5) is 0 Å². The maximum atomic E-state index is 10.6. The van der Waals surface area contributed by atoms with Crippen LogP contribution < -0.4 is 0 Å². The minimum absolute atomic E-state index is 0.0548. The summed E-state index contributed by atoms with van der Waals surface area (Å²) in [6, 6.07) is 5.56. The van der Waals surface area contributed by atoms with Crippen molar-refractivity contribution in [2.45, 2.75) is 32.6 Å². The SMILES string of the molecule is CCCCc1nc2ccc(CC(=O)O)cc2[nH]1. The van der Waals surface area contributed by atoms with Crippen LogP contribution in [0.5, 0.6) is 0 Å². The number of H-pyrrole nitrogens is 1. The number of carbonyl (C=O) groups is 1. The Balaban J connectivity index is 2.24. The van der Waals surface area contributed by atoms with Crippen molar-refractivity contribution in [1.82, 2.24) is 9.97 Å². The second kappa shape index (κ2) is 4.99. The van der Waals surface area contributed by atoms with E-state index in [2.05, 4.69) is 16.9 Å². The van der Waals surface area contributed by atoms with Crippen LogP contribution in [0.1, 0.15) is 31.2 Å². The number of aromatic amines is 1. The third-order valence-electron chi connectivity index (χ3n) is 2.72. The van der Waals surface area contributed by atoms with E-state index in [4.69, 9.17) is 5.11 Å². The van der Waals surface area contributed by atoms with E-state index in [9.17, 15) is 4.79 Å². The summed E-state index contributed by atoms with van der Waals surface area (Å²) < 4.78 is 0. The number of nitrogens with one attached hydrogen (secondary N) is 1. The van der Waals surface area contributed by atoms with Gasteiger partial charge in [-0.05, 0) is 24.1 Å². The first kappa shape index (κ1) is 11.6. The molecular formula is C13H16N2O2. The van der Waals surface area contributed by atoms with E-state index in [-0.39, 0.29) is 6.42 Å². The Morgan fingerprint density at radius 2 is 2.29 bits per heavy atom. The van der Waals surface area contributed by atoms with Crippen molar-refractivity contribution >= 4 is 17.0 Å². The Hall–Kier alpha value is -1.84. The maximum Gasteiger partial charge on any atom is 0.307 e. The van der Waals surface area contributed by atoms with Crippen molar-refractivity contribution in [2.24, 2.45) is 0 Å². The lowest BCUT2D eigenvalue weighted by Gasteiger charge is -1.95. The molecule has 17 heavy (non-hydrogen) atoms. The molecule has 0 saturated carbocycles. The summed E-state index contributed by atoms with van der Waals surface area (Å²) in [5.41, 5.74) is 2.63. The fourth-order valence-corrected chi connectivity index (χ4v) is 1.86. The number of hydrogen-bond donors (Lipinski definition) is 2. The number of rotatable bonds is 5. The molecule has 2 N–H and O–H groups in total. The Kier molecular flexibility index (Phi) is 3.42. The van der Waals surface area contributed by atoms with E-state index in [1.165, 1.54) is 0 Å². The molecule has 4 nitrogen and oxygen atoms in total. The number of benzene rings is 1. The van der Waals surface area contributed by atoms with Gasteiger partial charge in [-0.3, -0.25) is 4.79 Å². The van der Waals surface area contributed by atoms with Gasteiger partial charge in [-0.1, -0.05) is 19.4 Å². The monoisotopic (exact) mass is 232 g/mol. The number of aryl methyl sites for hydroxylation is 1. The van der Waals surface area contributed by atoms with E-state index in [1.54, 1.807) is 0 Å². The van der Waals surface area contributed by atoms with Crippen LogP contribution >= 0.6 is 0 Å². The normalized spacial score (nSPS) is 10.9. The topological polar surface area (TPSA) is 66.0 Å². The predicted octanol–water partition coefficient (Wildman–Crippen LogP) is 2.53. The summed E-state index contributed by atoms with van der Waals surface area (Å²) in [6.07, 6.45) is 3.25. The minimum atomic E-state index is -0.810. The van der Waals surface area contributed by atoms with Gasteiger partial charge in [-0.25, -0.2) is 4.98 Å². The van der Waals surface area contributed by atoms with Crippen molar-refractivity contribution < 1.29 is 9.90 Å². The Morgan fingerprint density at radius 1 is 1.47 bits per heavy atom. The number of unbranched alkanes of at least 4 members (excludes halogenated alkanes) is 1. The zero-order chi connectivity index (χ0) is 12.3. The molecule has 90 valence electrons. The Morgan fingerprint density at radius 3 is 3.00 bits per heavy atom. The van der Waals surface area contributed by atoms with Crippen molar-refractivity contribution in [2.75, 3.05) is 0 Å². The molecular weight excluding hydrogens is 216 g/mol. The average Bonchev–Trinajstić information content (AvgIpc) is 2.67. The molecule has 0 atom stereocenters. The van der Waals surface area contributed by atoms with Crippen molar-refractivity contribution in [3.8, 4) is 0 Å². The third-order valence-corrected chi connectivity index (χ3v) is 2.72. The van der Waals surface area contributed by atoms with Gasteiger partial charge in [-0.15, -0.1) is 0 Å². The van der Waals surface area contributed by atoms with Crippen LogP contribution in [0.15, 0.2) is 18.2 Å². The minimum Gasteiger partial charge on any atom is -0.481 e. The van der Waals surface area contributed by atoms with Gasteiger partial charge in [-0.2, -0.15) is 0 Å². The fourth-order valence-electron chi connectivity index (χ4n) is 1.86. The Bertz CT molecular complexity index is 531. The number of carboxylic acids is 1. The van der Waals surface area contributed by atoms with Crippen molar-refractivity contribution in [3.05, 3.63) is 29.6 Å². The van der Waals surface area contributed by atoms with Gasteiger partial charge in [0.25, 0.3) is 0 Å². The second-order valence-corrected chi connectivity index (χ2v) is 4.21. The molecule has 0 aliphatic carbocycles. The molecule has 1 aromatic heterocycles. The van der Waals surface area contributed by atoms with E-state index < -0.39 is 5.97 Å². The van der Waals surface area contributed by atoms with E-state index in [1.807, 2.05) is 18.2 Å². The van der Waals surface area contributed by atoms with Gasteiger partial charge >= 0.3 is 5.97 Å². The number of fused-ring (bicyclic) bond motifs is 1. The van der Waals surface area contributed by atoms with Gasteiger partial charge in [0.1, 0.15) is 5.82 Å².